The van der Waals surface area contributed by atoms with Crippen molar-refractivity contribution >= 4 is 11.6 Å². The fourth-order valence-corrected chi connectivity index (χ4v) is 2.81. The second-order valence-corrected chi connectivity index (χ2v) is 5.11. The molecule has 0 atom stereocenters. The molecule has 2 rings (SSSR count). The predicted molar refractivity (Wildman–Crippen MR) is 63.1 cm³/mol. The van der Waals surface area contributed by atoms with Crippen molar-refractivity contribution in [2.45, 2.75) is 32.1 Å². The maximum Gasteiger partial charge on any atom is 0.0490 e. The van der Waals surface area contributed by atoms with Crippen LogP contribution in [0.5, 0.6) is 0 Å². The summed E-state index contributed by atoms with van der Waals surface area (Å²) in [7, 11) is 0. The van der Waals surface area contributed by atoms with Gasteiger partial charge in [-0.1, -0.05) is 36.6 Å². The number of aliphatic hydroxyl groups is 1. The summed E-state index contributed by atoms with van der Waals surface area (Å²) in [6, 6.07) is 7.99. The van der Waals surface area contributed by atoms with Crippen molar-refractivity contribution in [3.63, 3.8) is 0 Å². The molecule has 0 aliphatic heterocycles. The van der Waals surface area contributed by atoms with Crippen LogP contribution in [0.1, 0.15) is 31.2 Å². The van der Waals surface area contributed by atoms with Crippen LogP contribution in [0.25, 0.3) is 0 Å². The zero-order chi connectivity index (χ0) is 10.7. The molecule has 0 aromatic heterocycles. The fraction of sp³-hybridized carbons (Fsp3) is 0.538. The molecule has 1 aromatic carbocycles. The fourth-order valence-electron chi connectivity index (χ4n) is 2.60. The van der Waals surface area contributed by atoms with Gasteiger partial charge in [-0.3, -0.25) is 0 Å². The predicted octanol–water partition coefficient (Wildman–Crippen LogP) is 3.44. The van der Waals surface area contributed by atoms with Crippen molar-refractivity contribution in [2.75, 3.05) is 6.61 Å². The van der Waals surface area contributed by atoms with Gasteiger partial charge in [-0.15, -0.1) is 0 Å². The van der Waals surface area contributed by atoms with Gasteiger partial charge in [0.15, 0.2) is 0 Å². The summed E-state index contributed by atoms with van der Waals surface area (Å²) in [5, 5.41) is 10.3. The van der Waals surface area contributed by atoms with Crippen molar-refractivity contribution < 1.29 is 5.11 Å². The molecule has 1 aliphatic carbocycles. The number of benzene rings is 1. The van der Waals surface area contributed by atoms with E-state index >= 15 is 0 Å². The maximum absolute atomic E-state index is 9.51. The summed E-state index contributed by atoms with van der Waals surface area (Å²) >= 11 is 5.96. The topological polar surface area (TPSA) is 20.2 Å². The van der Waals surface area contributed by atoms with E-state index in [1.165, 1.54) is 18.4 Å². The van der Waals surface area contributed by atoms with Gasteiger partial charge in [0.05, 0.1) is 0 Å². The minimum Gasteiger partial charge on any atom is -0.396 e. The standard InChI is InChI=1S/C13H17ClO/c14-12-5-3-4-11(8-12)9-13(10-15)6-1-2-7-13/h3-5,8,15H,1-2,6-7,9-10H2. The Morgan fingerprint density at radius 2 is 2.00 bits per heavy atom. The Labute approximate surface area is 96.1 Å². The van der Waals surface area contributed by atoms with E-state index in [0.29, 0.717) is 6.61 Å². The van der Waals surface area contributed by atoms with Gasteiger partial charge in [0.1, 0.15) is 0 Å². The molecule has 15 heavy (non-hydrogen) atoms. The van der Waals surface area contributed by atoms with E-state index < -0.39 is 0 Å². The molecule has 1 fully saturated rings. The first-order valence-corrected chi connectivity index (χ1v) is 5.97. The van der Waals surface area contributed by atoms with E-state index in [4.69, 9.17) is 11.6 Å². The molecule has 0 spiro atoms. The van der Waals surface area contributed by atoms with Crippen LogP contribution in [0, 0.1) is 5.41 Å². The molecule has 0 radical (unpaired) electrons. The van der Waals surface area contributed by atoms with Gasteiger partial charge >= 0.3 is 0 Å². The van der Waals surface area contributed by atoms with Gasteiger partial charge in [0.25, 0.3) is 0 Å². The number of halogens is 1. The zero-order valence-electron chi connectivity index (χ0n) is 8.88. The van der Waals surface area contributed by atoms with E-state index in [0.717, 1.165) is 24.3 Å². The highest BCUT2D eigenvalue weighted by atomic mass is 35.5. The van der Waals surface area contributed by atoms with E-state index in [1.54, 1.807) is 0 Å². The van der Waals surface area contributed by atoms with E-state index in [9.17, 15) is 5.11 Å². The minimum atomic E-state index is 0.130. The molecule has 1 N–H and O–H groups in total. The molecule has 82 valence electrons. The van der Waals surface area contributed by atoms with Gasteiger partial charge in [-0.2, -0.15) is 0 Å². The highest BCUT2D eigenvalue weighted by molar-refractivity contribution is 6.30. The lowest BCUT2D eigenvalue weighted by Crippen LogP contribution is -2.24. The molecule has 0 unspecified atom stereocenters. The Balaban J connectivity index is 2.12. The molecule has 1 saturated carbocycles. The van der Waals surface area contributed by atoms with E-state index in [2.05, 4.69) is 6.07 Å². The molecule has 0 bridgehead atoms. The Hall–Kier alpha value is -0.530. The minimum absolute atomic E-state index is 0.130. The van der Waals surface area contributed by atoms with Crippen LogP contribution in [-0.4, -0.2) is 11.7 Å². The molecular weight excluding hydrogens is 208 g/mol. The van der Waals surface area contributed by atoms with Crippen molar-refractivity contribution in [1.82, 2.24) is 0 Å². The van der Waals surface area contributed by atoms with E-state index in [1.807, 2.05) is 18.2 Å². The van der Waals surface area contributed by atoms with Gasteiger partial charge in [-0.25, -0.2) is 0 Å². The largest absolute Gasteiger partial charge is 0.396 e. The third-order valence-corrected chi connectivity index (χ3v) is 3.70. The molecule has 1 aliphatic rings. The Morgan fingerprint density at radius 1 is 1.27 bits per heavy atom. The van der Waals surface area contributed by atoms with Crippen LogP contribution in [0.15, 0.2) is 24.3 Å². The first-order valence-electron chi connectivity index (χ1n) is 5.59. The van der Waals surface area contributed by atoms with Crippen LogP contribution >= 0.6 is 11.6 Å². The average molecular weight is 225 g/mol. The Morgan fingerprint density at radius 3 is 2.60 bits per heavy atom. The van der Waals surface area contributed by atoms with Crippen LogP contribution in [-0.2, 0) is 6.42 Å². The highest BCUT2D eigenvalue weighted by Gasteiger charge is 2.33. The molecular formula is C13H17ClO. The first kappa shape index (κ1) is 11.0. The lowest BCUT2D eigenvalue weighted by molar-refractivity contribution is 0.130. The van der Waals surface area contributed by atoms with Gasteiger partial charge in [0, 0.05) is 11.6 Å². The lowest BCUT2D eigenvalue weighted by Gasteiger charge is -2.26. The SMILES string of the molecule is OCC1(Cc2cccc(Cl)c2)CCCC1. The summed E-state index contributed by atoms with van der Waals surface area (Å²) in [4.78, 5) is 0. The van der Waals surface area contributed by atoms with Gasteiger partial charge in [0.2, 0.25) is 0 Å². The lowest BCUT2D eigenvalue weighted by atomic mass is 9.81. The summed E-state index contributed by atoms with van der Waals surface area (Å²) < 4.78 is 0. The summed E-state index contributed by atoms with van der Waals surface area (Å²) in [6.07, 6.45) is 5.76. The Kier molecular flexibility index (Phi) is 3.32. The number of aliphatic hydroxyl groups excluding tert-OH is 1. The van der Waals surface area contributed by atoms with Crippen molar-refractivity contribution in [2.24, 2.45) is 5.41 Å². The molecule has 2 heteroatoms. The third kappa shape index (κ3) is 2.53. The van der Waals surface area contributed by atoms with Crippen LogP contribution in [0.2, 0.25) is 5.02 Å². The third-order valence-electron chi connectivity index (χ3n) is 3.47. The summed E-state index contributed by atoms with van der Waals surface area (Å²) in [5.41, 5.74) is 1.38. The molecule has 1 nitrogen and oxygen atoms in total. The second-order valence-electron chi connectivity index (χ2n) is 4.67. The van der Waals surface area contributed by atoms with Crippen LogP contribution in [0.3, 0.4) is 0 Å². The molecule has 0 heterocycles. The Bertz CT molecular complexity index is 329. The molecule has 0 saturated heterocycles. The first-order chi connectivity index (χ1) is 7.24. The number of hydrogen-bond acceptors (Lipinski definition) is 1. The molecule has 1 aromatic rings. The maximum atomic E-state index is 9.51. The normalized spacial score (nSPS) is 19.3. The summed E-state index contributed by atoms with van der Waals surface area (Å²) in [5.74, 6) is 0. The smallest absolute Gasteiger partial charge is 0.0490 e. The number of rotatable bonds is 3. The average Bonchev–Trinajstić information content (AvgIpc) is 2.67. The monoisotopic (exact) mass is 224 g/mol. The van der Waals surface area contributed by atoms with Crippen LogP contribution < -0.4 is 0 Å². The number of hydrogen-bond donors (Lipinski definition) is 1. The van der Waals surface area contributed by atoms with Crippen LogP contribution in [0.4, 0.5) is 0 Å². The zero-order valence-corrected chi connectivity index (χ0v) is 9.63. The second kappa shape index (κ2) is 4.54. The quantitative estimate of drug-likeness (QED) is 0.834. The van der Waals surface area contributed by atoms with Crippen molar-refractivity contribution in [1.29, 1.82) is 0 Å². The highest BCUT2D eigenvalue weighted by Crippen LogP contribution is 2.40. The van der Waals surface area contributed by atoms with Crippen molar-refractivity contribution in [3.8, 4) is 0 Å². The van der Waals surface area contributed by atoms with Gasteiger partial charge in [-0.05, 0) is 42.4 Å². The van der Waals surface area contributed by atoms with Crippen molar-refractivity contribution in [3.05, 3.63) is 34.9 Å². The summed E-state index contributed by atoms with van der Waals surface area (Å²) in [6.45, 7) is 0.305. The van der Waals surface area contributed by atoms with Gasteiger partial charge < -0.3 is 5.11 Å². The molecule has 0 amide bonds. The van der Waals surface area contributed by atoms with E-state index in [-0.39, 0.29) is 5.41 Å².